The number of piperazine rings is 1. The van der Waals surface area contributed by atoms with Crippen LogP contribution in [0.1, 0.15) is 37.7 Å². The summed E-state index contributed by atoms with van der Waals surface area (Å²) in [6.45, 7) is 2.06. The van der Waals surface area contributed by atoms with Crippen LogP contribution in [0.4, 0.5) is 18.9 Å². The van der Waals surface area contributed by atoms with Gasteiger partial charge in [-0.1, -0.05) is 30.9 Å². The average molecular weight is 375 g/mol. The van der Waals surface area contributed by atoms with Crippen molar-refractivity contribution in [3.05, 3.63) is 28.8 Å². The second kappa shape index (κ2) is 7.44. The molecule has 7 heteroatoms. The van der Waals surface area contributed by atoms with Gasteiger partial charge in [0.25, 0.3) is 0 Å². The largest absolute Gasteiger partial charge is 0.416 e. The van der Waals surface area contributed by atoms with Crippen molar-refractivity contribution in [3.63, 3.8) is 0 Å². The van der Waals surface area contributed by atoms with Gasteiger partial charge in [0, 0.05) is 32.1 Å². The number of amides is 1. The highest BCUT2D eigenvalue weighted by molar-refractivity contribution is 6.33. The van der Waals surface area contributed by atoms with Crippen LogP contribution >= 0.6 is 11.6 Å². The zero-order chi connectivity index (χ0) is 18.0. The Kier molecular flexibility index (Phi) is 5.46. The van der Waals surface area contributed by atoms with E-state index in [4.69, 9.17) is 11.6 Å². The zero-order valence-corrected chi connectivity index (χ0v) is 14.7. The Hall–Kier alpha value is -1.43. The van der Waals surface area contributed by atoms with Crippen LogP contribution in [0.3, 0.4) is 0 Å². The quantitative estimate of drug-likeness (QED) is 0.756. The number of halogens is 4. The Balaban J connectivity index is 1.65. The van der Waals surface area contributed by atoms with E-state index in [1.807, 2.05) is 9.80 Å². The molecule has 3 rings (SSSR count). The third-order valence-electron chi connectivity index (χ3n) is 5.16. The van der Waals surface area contributed by atoms with E-state index in [2.05, 4.69) is 0 Å². The molecule has 1 saturated carbocycles. The summed E-state index contributed by atoms with van der Waals surface area (Å²) in [5.74, 6) is 0.326. The molecule has 2 aliphatic rings. The minimum Gasteiger partial charge on any atom is -0.367 e. The van der Waals surface area contributed by atoms with Crippen LogP contribution in [0.15, 0.2) is 18.2 Å². The van der Waals surface area contributed by atoms with Crippen molar-refractivity contribution in [1.82, 2.24) is 4.90 Å². The molecule has 0 spiro atoms. The van der Waals surface area contributed by atoms with Crippen LogP contribution in [-0.4, -0.2) is 37.0 Å². The minimum atomic E-state index is -4.39. The van der Waals surface area contributed by atoms with E-state index in [-0.39, 0.29) is 11.8 Å². The molecule has 0 radical (unpaired) electrons. The summed E-state index contributed by atoms with van der Waals surface area (Å²) in [5.41, 5.74) is -0.311. The number of carbonyl (C=O) groups excluding carboxylic acids is 1. The van der Waals surface area contributed by atoms with Crippen LogP contribution < -0.4 is 4.90 Å². The summed E-state index contributed by atoms with van der Waals surface area (Å²) >= 11 is 6.11. The molecule has 1 aliphatic carbocycles. The summed E-state index contributed by atoms with van der Waals surface area (Å²) < 4.78 is 38.8. The predicted molar refractivity (Wildman–Crippen MR) is 91.8 cm³/mol. The molecule has 0 atom stereocenters. The lowest BCUT2D eigenvalue weighted by Gasteiger charge is -2.38. The van der Waals surface area contributed by atoms with Gasteiger partial charge < -0.3 is 9.80 Å². The van der Waals surface area contributed by atoms with Gasteiger partial charge in [-0.05, 0) is 31.0 Å². The number of hydrogen-bond donors (Lipinski definition) is 0. The first-order valence-corrected chi connectivity index (χ1v) is 9.14. The van der Waals surface area contributed by atoms with Gasteiger partial charge in [-0.25, -0.2) is 0 Å². The van der Waals surface area contributed by atoms with E-state index in [9.17, 15) is 18.0 Å². The average Bonchev–Trinajstić information content (AvgIpc) is 2.61. The second-order valence-corrected chi connectivity index (χ2v) is 7.22. The first-order valence-electron chi connectivity index (χ1n) is 8.77. The van der Waals surface area contributed by atoms with E-state index in [1.54, 1.807) is 0 Å². The van der Waals surface area contributed by atoms with Crippen LogP contribution in [0.25, 0.3) is 0 Å². The minimum absolute atomic E-state index is 0.123. The molecule has 1 aromatic carbocycles. The molecule has 0 unspecified atom stereocenters. The Bertz CT molecular complexity index is 621. The molecule has 3 nitrogen and oxygen atoms in total. The van der Waals surface area contributed by atoms with Gasteiger partial charge in [-0.2, -0.15) is 13.2 Å². The lowest BCUT2D eigenvalue weighted by Crippen LogP contribution is -2.50. The SMILES string of the molecule is O=C(C1CCCCC1)N1CCN(c2cc(C(F)(F)F)ccc2Cl)CC1. The maximum Gasteiger partial charge on any atom is 0.416 e. The van der Waals surface area contributed by atoms with Crippen molar-refractivity contribution in [2.24, 2.45) is 5.92 Å². The van der Waals surface area contributed by atoms with Crippen molar-refractivity contribution in [3.8, 4) is 0 Å². The van der Waals surface area contributed by atoms with Gasteiger partial charge in [0.15, 0.2) is 0 Å². The third kappa shape index (κ3) is 4.22. The molecule has 2 fully saturated rings. The number of alkyl halides is 3. The highest BCUT2D eigenvalue weighted by atomic mass is 35.5. The Morgan fingerprint density at radius 1 is 1.04 bits per heavy atom. The number of nitrogens with zero attached hydrogens (tertiary/aromatic N) is 2. The maximum atomic E-state index is 12.9. The number of carbonyl (C=O) groups is 1. The lowest BCUT2D eigenvalue weighted by atomic mass is 9.88. The number of rotatable bonds is 2. The number of hydrogen-bond acceptors (Lipinski definition) is 2. The molecule has 0 N–H and O–H groups in total. The van der Waals surface area contributed by atoms with Gasteiger partial charge in [0.2, 0.25) is 5.91 Å². The molecule has 0 aromatic heterocycles. The molecule has 25 heavy (non-hydrogen) atoms. The van der Waals surface area contributed by atoms with E-state index < -0.39 is 11.7 Å². The van der Waals surface area contributed by atoms with Crippen LogP contribution in [0.2, 0.25) is 5.02 Å². The summed E-state index contributed by atoms with van der Waals surface area (Å²) in [6, 6.07) is 3.38. The van der Waals surface area contributed by atoms with Crippen molar-refractivity contribution >= 4 is 23.2 Å². The molecule has 1 saturated heterocycles. The van der Waals surface area contributed by atoms with Crippen molar-refractivity contribution in [1.29, 1.82) is 0 Å². The molecule has 1 aromatic rings. The van der Waals surface area contributed by atoms with Gasteiger partial charge in [-0.15, -0.1) is 0 Å². The first-order chi connectivity index (χ1) is 11.9. The zero-order valence-electron chi connectivity index (χ0n) is 14.0. The van der Waals surface area contributed by atoms with Crippen LogP contribution in [-0.2, 0) is 11.0 Å². The van der Waals surface area contributed by atoms with Gasteiger partial charge in [-0.3, -0.25) is 4.79 Å². The maximum absolute atomic E-state index is 12.9. The third-order valence-corrected chi connectivity index (χ3v) is 5.48. The van der Waals surface area contributed by atoms with Gasteiger partial charge in [0.05, 0.1) is 16.3 Å². The summed E-state index contributed by atoms with van der Waals surface area (Å²) in [5, 5.41) is 0.306. The van der Waals surface area contributed by atoms with Crippen molar-refractivity contribution in [2.45, 2.75) is 38.3 Å². The standard InChI is InChI=1S/C18H22ClF3N2O/c19-15-7-6-14(18(20,21)22)12-16(15)23-8-10-24(11-9-23)17(25)13-4-2-1-3-5-13/h6-7,12-13H,1-5,8-11H2. The molecular formula is C18H22ClF3N2O. The van der Waals surface area contributed by atoms with Crippen molar-refractivity contribution < 1.29 is 18.0 Å². The molecular weight excluding hydrogens is 353 g/mol. The molecule has 1 amide bonds. The fourth-order valence-electron chi connectivity index (χ4n) is 3.71. The topological polar surface area (TPSA) is 23.6 Å². The summed E-state index contributed by atoms with van der Waals surface area (Å²) in [6.07, 6.45) is 0.938. The Morgan fingerprint density at radius 3 is 2.28 bits per heavy atom. The number of anilines is 1. The van der Waals surface area contributed by atoms with E-state index in [0.29, 0.717) is 36.9 Å². The molecule has 1 heterocycles. The smallest absolute Gasteiger partial charge is 0.367 e. The van der Waals surface area contributed by atoms with E-state index in [1.165, 1.54) is 12.5 Å². The predicted octanol–water partition coefficient (Wildman–Crippen LogP) is 4.59. The molecule has 0 bridgehead atoms. The van der Waals surface area contributed by atoms with E-state index >= 15 is 0 Å². The summed E-state index contributed by atoms with van der Waals surface area (Å²) in [7, 11) is 0. The fourth-order valence-corrected chi connectivity index (χ4v) is 3.94. The number of benzene rings is 1. The Labute approximate surface area is 150 Å². The van der Waals surface area contributed by atoms with Crippen LogP contribution in [0, 0.1) is 5.92 Å². The second-order valence-electron chi connectivity index (χ2n) is 6.81. The van der Waals surface area contributed by atoms with Gasteiger partial charge >= 0.3 is 6.18 Å². The normalized spacial score (nSPS) is 20.0. The van der Waals surface area contributed by atoms with Crippen LogP contribution in [0.5, 0.6) is 0 Å². The highest BCUT2D eigenvalue weighted by Crippen LogP contribution is 2.36. The van der Waals surface area contributed by atoms with Crippen molar-refractivity contribution in [2.75, 3.05) is 31.1 Å². The summed E-state index contributed by atoms with van der Waals surface area (Å²) in [4.78, 5) is 16.3. The van der Waals surface area contributed by atoms with Gasteiger partial charge in [0.1, 0.15) is 0 Å². The molecule has 1 aliphatic heterocycles. The lowest BCUT2D eigenvalue weighted by molar-refractivity contribution is -0.137. The fraction of sp³-hybridized carbons (Fsp3) is 0.611. The highest BCUT2D eigenvalue weighted by Gasteiger charge is 2.33. The van der Waals surface area contributed by atoms with E-state index in [0.717, 1.165) is 37.8 Å². The first kappa shape index (κ1) is 18.4. The molecule has 138 valence electrons. The Morgan fingerprint density at radius 2 is 1.68 bits per heavy atom. The monoisotopic (exact) mass is 374 g/mol.